The predicted molar refractivity (Wildman–Crippen MR) is 122 cm³/mol. The van der Waals surface area contributed by atoms with Crippen molar-refractivity contribution in [2.24, 2.45) is 5.92 Å². The van der Waals surface area contributed by atoms with Crippen LogP contribution in [0, 0.1) is 5.92 Å². The molecule has 3 heterocycles. The van der Waals surface area contributed by atoms with Crippen LogP contribution in [0.15, 0.2) is 30.3 Å². The number of fused-ring (bicyclic) bond motifs is 1. The van der Waals surface area contributed by atoms with Crippen LogP contribution < -0.4 is 0 Å². The fourth-order valence-corrected chi connectivity index (χ4v) is 5.37. The minimum absolute atomic E-state index is 0.185. The zero-order chi connectivity index (χ0) is 21.8. The van der Waals surface area contributed by atoms with Crippen LogP contribution in [0.2, 0.25) is 0 Å². The summed E-state index contributed by atoms with van der Waals surface area (Å²) in [4.78, 5) is 35.0. The van der Waals surface area contributed by atoms with Crippen LogP contribution in [-0.4, -0.2) is 89.3 Å². The molecule has 2 atom stereocenters. The molecule has 170 valence electrons. The molecule has 6 heteroatoms. The lowest BCUT2D eigenvalue weighted by Crippen LogP contribution is -2.63. The smallest absolute Gasteiger partial charge is 0.246 e. The molecule has 31 heavy (non-hydrogen) atoms. The number of carbonyl (C=O) groups is 2. The monoisotopic (exact) mass is 426 g/mol. The van der Waals surface area contributed by atoms with Gasteiger partial charge in [-0.15, -0.1) is 0 Å². The first-order valence-corrected chi connectivity index (χ1v) is 12.1. The van der Waals surface area contributed by atoms with Gasteiger partial charge in [-0.05, 0) is 43.7 Å². The summed E-state index contributed by atoms with van der Waals surface area (Å²) >= 11 is 0. The van der Waals surface area contributed by atoms with Crippen LogP contribution in [0.3, 0.4) is 0 Å². The molecule has 3 aliphatic rings. The Morgan fingerprint density at radius 1 is 0.903 bits per heavy atom. The molecule has 3 aliphatic heterocycles. The second kappa shape index (κ2) is 10.1. The maximum Gasteiger partial charge on any atom is 0.246 e. The van der Waals surface area contributed by atoms with E-state index in [4.69, 9.17) is 0 Å². The Balaban J connectivity index is 1.26. The molecule has 1 aromatic carbocycles. The zero-order valence-electron chi connectivity index (χ0n) is 19.2. The highest BCUT2D eigenvalue weighted by molar-refractivity contribution is 5.97. The third-order valence-corrected chi connectivity index (χ3v) is 7.05. The first kappa shape index (κ1) is 22.3. The second-order valence-electron chi connectivity index (χ2n) is 9.82. The second-order valence-corrected chi connectivity index (χ2v) is 9.82. The lowest BCUT2D eigenvalue weighted by atomic mass is 9.96. The fourth-order valence-electron chi connectivity index (χ4n) is 5.37. The van der Waals surface area contributed by atoms with E-state index < -0.39 is 0 Å². The molecule has 0 bridgehead atoms. The van der Waals surface area contributed by atoms with Crippen LogP contribution in [0.1, 0.15) is 45.1 Å². The van der Waals surface area contributed by atoms with Crippen LogP contribution in [0.25, 0.3) is 0 Å². The number of nitrogens with zero attached hydrogens (tertiary/aromatic N) is 4. The third-order valence-electron chi connectivity index (χ3n) is 7.05. The summed E-state index contributed by atoms with van der Waals surface area (Å²) in [6.45, 7) is 12.1. The largest absolute Gasteiger partial charge is 0.329 e. The van der Waals surface area contributed by atoms with Gasteiger partial charge in [-0.1, -0.05) is 44.2 Å². The Bertz CT molecular complexity index is 745. The van der Waals surface area contributed by atoms with Gasteiger partial charge in [-0.2, -0.15) is 0 Å². The van der Waals surface area contributed by atoms with Gasteiger partial charge >= 0.3 is 0 Å². The van der Waals surface area contributed by atoms with Gasteiger partial charge in [0.25, 0.3) is 0 Å². The van der Waals surface area contributed by atoms with Crippen molar-refractivity contribution in [3.8, 4) is 0 Å². The molecule has 6 nitrogen and oxygen atoms in total. The molecule has 2 unspecified atom stereocenters. The Morgan fingerprint density at radius 3 is 2.32 bits per heavy atom. The Kier molecular flexibility index (Phi) is 7.28. The molecule has 0 N–H and O–H groups in total. The highest BCUT2D eigenvalue weighted by atomic mass is 16.2. The van der Waals surface area contributed by atoms with E-state index in [0.29, 0.717) is 12.5 Å². The van der Waals surface area contributed by atoms with Gasteiger partial charge < -0.3 is 14.7 Å². The molecule has 3 fully saturated rings. The Hall–Kier alpha value is -1.92. The molecule has 0 radical (unpaired) electrons. The van der Waals surface area contributed by atoms with Crippen molar-refractivity contribution in [3.63, 3.8) is 0 Å². The molecular weight excluding hydrogens is 388 g/mol. The first-order chi connectivity index (χ1) is 15.0. The summed E-state index contributed by atoms with van der Waals surface area (Å²) in [5.74, 6) is 0.779. The summed E-state index contributed by atoms with van der Waals surface area (Å²) < 4.78 is 0. The van der Waals surface area contributed by atoms with Crippen LogP contribution >= 0.6 is 0 Å². The topological polar surface area (TPSA) is 47.1 Å². The molecular formula is C25H38N4O2. The van der Waals surface area contributed by atoms with Crippen molar-refractivity contribution in [2.45, 2.75) is 58.2 Å². The Morgan fingerprint density at radius 2 is 1.61 bits per heavy atom. The lowest BCUT2D eigenvalue weighted by molar-refractivity contribution is -0.160. The average molecular weight is 427 g/mol. The highest BCUT2D eigenvalue weighted by Gasteiger charge is 2.47. The summed E-state index contributed by atoms with van der Waals surface area (Å²) in [6, 6.07) is 10.2. The number of carbonyl (C=O) groups excluding carboxylic acids is 2. The van der Waals surface area contributed by atoms with Crippen LogP contribution in [0.5, 0.6) is 0 Å². The van der Waals surface area contributed by atoms with Crippen molar-refractivity contribution in [1.82, 2.24) is 19.6 Å². The van der Waals surface area contributed by atoms with Gasteiger partial charge in [0.05, 0.1) is 0 Å². The summed E-state index contributed by atoms with van der Waals surface area (Å²) in [5.41, 5.74) is 1.38. The molecule has 0 aromatic heterocycles. The van der Waals surface area contributed by atoms with Gasteiger partial charge in [-0.25, -0.2) is 0 Å². The van der Waals surface area contributed by atoms with E-state index in [0.717, 1.165) is 71.5 Å². The molecule has 4 rings (SSSR count). The third kappa shape index (κ3) is 5.29. The summed E-state index contributed by atoms with van der Waals surface area (Å²) in [6.07, 6.45) is 3.50. The van der Waals surface area contributed by atoms with Crippen molar-refractivity contribution in [2.75, 3.05) is 45.8 Å². The molecule has 0 aliphatic carbocycles. The minimum Gasteiger partial charge on any atom is -0.329 e. The van der Waals surface area contributed by atoms with E-state index in [1.54, 1.807) is 0 Å². The van der Waals surface area contributed by atoms with E-state index in [1.807, 2.05) is 9.80 Å². The van der Waals surface area contributed by atoms with E-state index in [1.165, 1.54) is 5.56 Å². The van der Waals surface area contributed by atoms with Crippen LogP contribution in [0.4, 0.5) is 0 Å². The molecule has 2 amide bonds. The van der Waals surface area contributed by atoms with Gasteiger partial charge in [0.1, 0.15) is 12.1 Å². The standard InChI is InChI=1S/C25H38N4O2/c1-20(2)18-23-25(31)28-12-6-10-22(28)24(30)29(23)13-7-11-26-14-16-27(17-15-26)19-21-8-4-3-5-9-21/h3-5,8-9,20,22-23H,6-7,10-19H2,1-2H3. The van der Waals surface area contributed by atoms with Crippen molar-refractivity contribution in [1.29, 1.82) is 0 Å². The van der Waals surface area contributed by atoms with E-state index in [2.05, 4.69) is 54.0 Å². The molecule has 1 aromatic rings. The van der Waals surface area contributed by atoms with Crippen LogP contribution in [-0.2, 0) is 16.1 Å². The minimum atomic E-state index is -0.260. The van der Waals surface area contributed by atoms with Crippen molar-refractivity contribution in [3.05, 3.63) is 35.9 Å². The first-order valence-electron chi connectivity index (χ1n) is 12.1. The van der Waals surface area contributed by atoms with Gasteiger partial charge in [0.15, 0.2) is 0 Å². The van der Waals surface area contributed by atoms with E-state index in [-0.39, 0.29) is 23.9 Å². The van der Waals surface area contributed by atoms with Gasteiger partial charge in [0.2, 0.25) is 11.8 Å². The van der Waals surface area contributed by atoms with E-state index >= 15 is 0 Å². The number of amides is 2. The molecule has 0 spiro atoms. The number of rotatable bonds is 8. The Labute approximate surface area is 187 Å². The molecule has 3 saturated heterocycles. The normalized spacial score (nSPS) is 25.5. The summed E-state index contributed by atoms with van der Waals surface area (Å²) in [5, 5.41) is 0. The van der Waals surface area contributed by atoms with Crippen molar-refractivity contribution < 1.29 is 9.59 Å². The lowest BCUT2D eigenvalue weighted by Gasteiger charge is -2.43. The maximum atomic E-state index is 13.2. The predicted octanol–water partition coefficient (Wildman–Crippen LogP) is 2.44. The van der Waals surface area contributed by atoms with Gasteiger partial charge in [-0.3, -0.25) is 14.5 Å². The highest BCUT2D eigenvalue weighted by Crippen LogP contribution is 2.29. The van der Waals surface area contributed by atoms with E-state index in [9.17, 15) is 9.59 Å². The quantitative estimate of drug-likeness (QED) is 0.641. The number of benzene rings is 1. The SMILES string of the molecule is CC(C)CC1C(=O)N2CCCC2C(=O)N1CCCN1CCN(Cc2ccccc2)CC1. The number of hydrogen-bond donors (Lipinski definition) is 0. The number of hydrogen-bond acceptors (Lipinski definition) is 4. The average Bonchev–Trinajstić information content (AvgIpc) is 3.26. The number of piperazine rings is 2. The zero-order valence-corrected chi connectivity index (χ0v) is 19.2. The maximum absolute atomic E-state index is 13.2. The van der Waals surface area contributed by atoms with Gasteiger partial charge in [0, 0.05) is 45.8 Å². The van der Waals surface area contributed by atoms with Crippen molar-refractivity contribution >= 4 is 11.8 Å². The molecule has 0 saturated carbocycles. The summed E-state index contributed by atoms with van der Waals surface area (Å²) in [7, 11) is 0. The fraction of sp³-hybridized carbons (Fsp3) is 0.680.